The summed E-state index contributed by atoms with van der Waals surface area (Å²) in [5, 5.41) is 1.53. The van der Waals surface area contributed by atoms with Crippen LogP contribution in [0.3, 0.4) is 0 Å². The van der Waals surface area contributed by atoms with Gasteiger partial charge in [0.2, 0.25) is 0 Å². The van der Waals surface area contributed by atoms with Gasteiger partial charge in [-0.2, -0.15) is 0 Å². The topological polar surface area (TPSA) is 63.4 Å². The standard InChI is InChI=1S/C20H16N2O2/c21-15-11-14-7-4-8-16-18(14)17(12-15)20(24)22(19(16)23)10-9-13-5-2-1-3-6-13/h1-8,11-12H,9-10,21H2. The van der Waals surface area contributed by atoms with E-state index in [1.165, 1.54) is 4.90 Å². The highest BCUT2D eigenvalue weighted by Crippen LogP contribution is 2.32. The second-order valence-corrected chi connectivity index (χ2v) is 5.97. The number of nitrogen functional groups attached to an aromatic ring is 1. The van der Waals surface area contributed by atoms with Gasteiger partial charge < -0.3 is 5.73 Å². The highest BCUT2D eigenvalue weighted by atomic mass is 16.2. The Bertz CT molecular complexity index is 964. The van der Waals surface area contributed by atoms with Crippen LogP contribution in [-0.2, 0) is 6.42 Å². The van der Waals surface area contributed by atoms with Crippen LogP contribution in [0.15, 0.2) is 60.7 Å². The van der Waals surface area contributed by atoms with Crippen molar-refractivity contribution in [1.29, 1.82) is 0 Å². The molecule has 0 atom stereocenters. The maximum absolute atomic E-state index is 12.8. The molecular weight excluding hydrogens is 300 g/mol. The van der Waals surface area contributed by atoms with Gasteiger partial charge in [0.25, 0.3) is 11.8 Å². The van der Waals surface area contributed by atoms with Gasteiger partial charge >= 0.3 is 0 Å². The van der Waals surface area contributed by atoms with E-state index in [1.54, 1.807) is 18.2 Å². The number of carbonyl (C=O) groups excluding carboxylic acids is 2. The second kappa shape index (κ2) is 5.49. The third kappa shape index (κ3) is 2.24. The van der Waals surface area contributed by atoms with Gasteiger partial charge in [-0.25, -0.2) is 0 Å². The van der Waals surface area contributed by atoms with Crippen molar-refractivity contribution in [3.63, 3.8) is 0 Å². The van der Waals surface area contributed by atoms with Gasteiger partial charge in [-0.15, -0.1) is 0 Å². The number of anilines is 1. The molecule has 0 aliphatic carbocycles. The minimum Gasteiger partial charge on any atom is -0.399 e. The molecule has 1 aliphatic rings. The zero-order chi connectivity index (χ0) is 16.7. The maximum Gasteiger partial charge on any atom is 0.261 e. The molecule has 0 saturated carbocycles. The van der Waals surface area contributed by atoms with Crippen molar-refractivity contribution >= 4 is 28.3 Å². The Hall–Kier alpha value is -3.14. The van der Waals surface area contributed by atoms with Gasteiger partial charge in [0.1, 0.15) is 0 Å². The first-order chi connectivity index (χ1) is 11.6. The highest BCUT2D eigenvalue weighted by molar-refractivity contribution is 6.25. The molecule has 4 rings (SSSR count). The monoisotopic (exact) mass is 316 g/mol. The second-order valence-electron chi connectivity index (χ2n) is 5.97. The summed E-state index contributed by atoms with van der Waals surface area (Å²) in [6, 6.07) is 18.8. The SMILES string of the molecule is Nc1cc2c3c(cccc3c1)C(=O)N(CCc1ccccc1)C2=O. The van der Waals surface area contributed by atoms with Crippen LogP contribution in [-0.4, -0.2) is 23.3 Å². The van der Waals surface area contributed by atoms with Crippen molar-refractivity contribution in [2.45, 2.75) is 6.42 Å². The van der Waals surface area contributed by atoms with Crippen molar-refractivity contribution in [1.82, 2.24) is 4.90 Å². The minimum atomic E-state index is -0.271. The first-order valence-electron chi connectivity index (χ1n) is 7.87. The molecule has 0 bridgehead atoms. The van der Waals surface area contributed by atoms with E-state index in [1.807, 2.05) is 42.5 Å². The highest BCUT2D eigenvalue weighted by Gasteiger charge is 2.32. The quantitative estimate of drug-likeness (QED) is 0.596. The molecule has 4 nitrogen and oxygen atoms in total. The van der Waals surface area contributed by atoms with Crippen molar-refractivity contribution in [3.05, 3.63) is 77.4 Å². The van der Waals surface area contributed by atoms with Crippen LogP contribution in [0.4, 0.5) is 5.69 Å². The number of carbonyl (C=O) groups is 2. The predicted octanol–water partition coefficient (Wildman–Crippen LogP) is 3.26. The molecule has 1 heterocycles. The van der Waals surface area contributed by atoms with Crippen molar-refractivity contribution in [2.75, 3.05) is 12.3 Å². The van der Waals surface area contributed by atoms with E-state index in [4.69, 9.17) is 5.73 Å². The smallest absolute Gasteiger partial charge is 0.261 e. The predicted molar refractivity (Wildman–Crippen MR) is 93.9 cm³/mol. The molecule has 2 amide bonds. The lowest BCUT2D eigenvalue weighted by Crippen LogP contribution is -2.41. The van der Waals surface area contributed by atoms with Gasteiger partial charge in [-0.05, 0) is 35.6 Å². The summed E-state index contributed by atoms with van der Waals surface area (Å²) >= 11 is 0. The van der Waals surface area contributed by atoms with E-state index in [9.17, 15) is 9.59 Å². The average Bonchev–Trinajstić information content (AvgIpc) is 2.60. The number of imide groups is 1. The van der Waals surface area contributed by atoms with Crippen LogP contribution in [0, 0.1) is 0 Å². The number of nitrogens with two attached hydrogens (primary N) is 1. The Morgan fingerprint density at radius 2 is 1.58 bits per heavy atom. The molecule has 0 radical (unpaired) electrons. The number of rotatable bonds is 3. The third-order valence-corrected chi connectivity index (χ3v) is 4.42. The fraction of sp³-hybridized carbons (Fsp3) is 0.100. The Balaban J connectivity index is 1.74. The Morgan fingerprint density at radius 1 is 0.833 bits per heavy atom. The zero-order valence-electron chi connectivity index (χ0n) is 13.0. The molecule has 0 fully saturated rings. The summed E-state index contributed by atoms with van der Waals surface area (Å²) < 4.78 is 0. The Morgan fingerprint density at radius 3 is 2.38 bits per heavy atom. The van der Waals surface area contributed by atoms with Crippen LogP contribution >= 0.6 is 0 Å². The lowest BCUT2D eigenvalue weighted by atomic mass is 9.93. The van der Waals surface area contributed by atoms with Gasteiger partial charge in [0.15, 0.2) is 0 Å². The summed E-state index contributed by atoms with van der Waals surface area (Å²) in [5.41, 5.74) is 8.62. The normalized spacial score (nSPS) is 13.6. The summed E-state index contributed by atoms with van der Waals surface area (Å²) in [6.45, 7) is 0.353. The number of amides is 2. The van der Waals surface area contributed by atoms with E-state index in [-0.39, 0.29) is 11.8 Å². The lowest BCUT2D eigenvalue weighted by molar-refractivity contribution is 0.0612. The van der Waals surface area contributed by atoms with E-state index in [2.05, 4.69) is 0 Å². The van der Waals surface area contributed by atoms with Crippen LogP contribution in [0.2, 0.25) is 0 Å². The van der Waals surface area contributed by atoms with Crippen molar-refractivity contribution in [2.24, 2.45) is 0 Å². The summed E-state index contributed by atoms with van der Waals surface area (Å²) in [5.74, 6) is -0.509. The van der Waals surface area contributed by atoms with Gasteiger partial charge in [0.05, 0.1) is 5.56 Å². The summed E-state index contributed by atoms with van der Waals surface area (Å²) in [6.07, 6.45) is 0.631. The van der Waals surface area contributed by atoms with Crippen molar-refractivity contribution < 1.29 is 9.59 Å². The van der Waals surface area contributed by atoms with E-state index in [0.717, 1.165) is 10.9 Å². The average molecular weight is 316 g/mol. The Kier molecular flexibility index (Phi) is 3.31. The van der Waals surface area contributed by atoms with Crippen LogP contribution < -0.4 is 5.73 Å². The maximum atomic E-state index is 12.8. The first kappa shape index (κ1) is 14.5. The lowest BCUT2D eigenvalue weighted by Gasteiger charge is -2.27. The first-order valence-corrected chi connectivity index (χ1v) is 7.87. The molecule has 3 aromatic rings. The van der Waals surface area contributed by atoms with Crippen LogP contribution in [0.5, 0.6) is 0 Å². The number of hydrogen-bond acceptors (Lipinski definition) is 3. The molecule has 2 N–H and O–H groups in total. The summed E-state index contributed by atoms with van der Waals surface area (Å²) in [4.78, 5) is 27.0. The number of nitrogens with zero attached hydrogens (tertiary/aromatic N) is 1. The van der Waals surface area contributed by atoms with E-state index < -0.39 is 0 Å². The van der Waals surface area contributed by atoms with Crippen LogP contribution in [0.1, 0.15) is 26.3 Å². The van der Waals surface area contributed by atoms with E-state index in [0.29, 0.717) is 35.2 Å². The molecular formula is C20H16N2O2. The number of hydrogen-bond donors (Lipinski definition) is 1. The van der Waals surface area contributed by atoms with Crippen molar-refractivity contribution in [3.8, 4) is 0 Å². The summed E-state index contributed by atoms with van der Waals surface area (Å²) in [7, 11) is 0. The molecule has 118 valence electrons. The molecule has 0 unspecified atom stereocenters. The van der Waals surface area contributed by atoms with Gasteiger partial charge in [-0.1, -0.05) is 42.5 Å². The molecule has 0 spiro atoms. The Labute approximate surface area is 139 Å². The molecule has 4 heteroatoms. The van der Waals surface area contributed by atoms with Gasteiger partial charge in [0, 0.05) is 23.2 Å². The van der Waals surface area contributed by atoms with Gasteiger partial charge in [-0.3, -0.25) is 14.5 Å². The minimum absolute atomic E-state index is 0.237. The van der Waals surface area contributed by atoms with E-state index >= 15 is 0 Å². The molecule has 24 heavy (non-hydrogen) atoms. The third-order valence-electron chi connectivity index (χ3n) is 4.42. The molecule has 0 aromatic heterocycles. The molecule has 3 aromatic carbocycles. The number of benzene rings is 3. The zero-order valence-corrected chi connectivity index (χ0v) is 13.0. The van der Waals surface area contributed by atoms with Crippen LogP contribution in [0.25, 0.3) is 10.8 Å². The largest absolute Gasteiger partial charge is 0.399 e. The molecule has 1 aliphatic heterocycles. The fourth-order valence-corrected chi connectivity index (χ4v) is 3.27. The fourth-order valence-electron chi connectivity index (χ4n) is 3.27. The molecule has 0 saturated heterocycles.